The first-order valence-electron chi connectivity index (χ1n) is 4.47. The summed E-state index contributed by atoms with van der Waals surface area (Å²) in [6, 6.07) is 2.22. The van der Waals surface area contributed by atoms with E-state index in [1.54, 1.807) is 0 Å². The molecule has 0 spiro atoms. The zero-order chi connectivity index (χ0) is 9.69. The van der Waals surface area contributed by atoms with Gasteiger partial charge in [-0.25, -0.2) is 0 Å². The molecule has 2 heterocycles. The molecule has 2 aliphatic heterocycles. The zero-order valence-corrected chi connectivity index (χ0v) is 8.20. The molecule has 2 atom stereocenters. The quantitative estimate of drug-likeness (QED) is 0.558. The van der Waals surface area contributed by atoms with E-state index in [0.717, 1.165) is 0 Å². The summed E-state index contributed by atoms with van der Waals surface area (Å²) in [5.41, 5.74) is -0.668. The van der Waals surface area contributed by atoms with Gasteiger partial charge >= 0.3 is 0 Å². The van der Waals surface area contributed by atoms with Crippen molar-refractivity contribution in [3.05, 3.63) is 0 Å². The number of rotatable bonds is 0. The number of hydroxylamine groups is 2. The third-order valence-corrected chi connectivity index (χ3v) is 2.84. The van der Waals surface area contributed by atoms with Crippen LogP contribution in [0, 0.1) is 17.2 Å². The molecule has 0 bridgehead atoms. The van der Waals surface area contributed by atoms with Gasteiger partial charge in [-0.1, -0.05) is 0 Å². The molecule has 4 nitrogen and oxygen atoms in total. The molecule has 0 aromatic rings. The topological polar surface area (TPSA) is 45.5 Å². The molecule has 2 fully saturated rings. The van der Waals surface area contributed by atoms with Gasteiger partial charge in [-0.3, -0.25) is 4.84 Å². The standard InChI is InChI=1S/C9H14N2O2/c1-8(2)6-12-9(3)7(4-10)5-13-11(8)9/h7H,5-6H2,1-3H3. The van der Waals surface area contributed by atoms with Gasteiger partial charge in [0, 0.05) is 0 Å². The minimum Gasteiger partial charge on any atom is -0.355 e. The first-order chi connectivity index (χ1) is 6.00. The highest BCUT2D eigenvalue weighted by molar-refractivity contribution is 5.05. The fourth-order valence-electron chi connectivity index (χ4n) is 2.05. The predicted molar refractivity (Wildman–Crippen MR) is 45.3 cm³/mol. The van der Waals surface area contributed by atoms with Crippen molar-refractivity contribution in [2.45, 2.75) is 32.0 Å². The molecule has 2 aliphatic rings. The Morgan fingerprint density at radius 2 is 2.15 bits per heavy atom. The van der Waals surface area contributed by atoms with Gasteiger partial charge in [0.25, 0.3) is 0 Å². The van der Waals surface area contributed by atoms with Gasteiger partial charge in [0.2, 0.25) is 0 Å². The lowest BCUT2D eigenvalue weighted by molar-refractivity contribution is -0.221. The second-order valence-electron chi connectivity index (χ2n) is 4.43. The molecule has 0 aliphatic carbocycles. The summed E-state index contributed by atoms with van der Waals surface area (Å²) in [5.74, 6) is -0.186. The maximum absolute atomic E-state index is 8.91. The van der Waals surface area contributed by atoms with Crippen molar-refractivity contribution in [3.63, 3.8) is 0 Å². The van der Waals surface area contributed by atoms with E-state index in [9.17, 15) is 0 Å². The van der Waals surface area contributed by atoms with Crippen LogP contribution in [0.15, 0.2) is 0 Å². The molecule has 0 saturated carbocycles. The van der Waals surface area contributed by atoms with Crippen molar-refractivity contribution in [1.82, 2.24) is 5.06 Å². The number of ether oxygens (including phenoxy) is 1. The third kappa shape index (κ3) is 1.01. The summed E-state index contributed by atoms with van der Waals surface area (Å²) in [7, 11) is 0. The zero-order valence-electron chi connectivity index (χ0n) is 8.20. The van der Waals surface area contributed by atoms with E-state index >= 15 is 0 Å². The van der Waals surface area contributed by atoms with Crippen molar-refractivity contribution >= 4 is 0 Å². The average Bonchev–Trinajstić information content (AvgIpc) is 2.49. The van der Waals surface area contributed by atoms with Crippen LogP contribution in [0.4, 0.5) is 0 Å². The average molecular weight is 182 g/mol. The number of fused-ring (bicyclic) bond motifs is 1. The second-order valence-corrected chi connectivity index (χ2v) is 4.43. The molecule has 0 radical (unpaired) electrons. The molecule has 0 aromatic heterocycles. The number of nitriles is 1. The Bertz CT molecular complexity index is 271. The highest BCUT2D eigenvalue weighted by Gasteiger charge is 2.58. The molecule has 4 heteroatoms. The number of hydrogen-bond donors (Lipinski definition) is 0. The van der Waals surface area contributed by atoms with Crippen LogP contribution in [0.25, 0.3) is 0 Å². The first-order valence-corrected chi connectivity index (χ1v) is 4.47. The Kier molecular flexibility index (Phi) is 1.68. The van der Waals surface area contributed by atoms with Crippen LogP contribution in [-0.2, 0) is 9.57 Å². The molecular weight excluding hydrogens is 168 g/mol. The lowest BCUT2D eigenvalue weighted by atomic mass is 9.99. The SMILES string of the molecule is CC1(C)COC2(C)C(C#N)CON12. The third-order valence-electron chi connectivity index (χ3n) is 2.84. The van der Waals surface area contributed by atoms with Gasteiger partial charge in [-0.15, -0.1) is 5.06 Å². The van der Waals surface area contributed by atoms with E-state index in [2.05, 4.69) is 19.9 Å². The van der Waals surface area contributed by atoms with Crippen LogP contribution in [0.5, 0.6) is 0 Å². The van der Waals surface area contributed by atoms with Crippen LogP contribution < -0.4 is 0 Å². The highest BCUT2D eigenvalue weighted by atomic mass is 16.8. The van der Waals surface area contributed by atoms with Gasteiger partial charge in [0.05, 0.1) is 24.8 Å². The minimum absolute atomic E-state index is 0.125. The van der Waals surface area contributed by atoms with Crippen molar-refractivity contribution in [2.75, 3.05) is 13.2 Å². The largest absolute Gasteiger partial charge is 0.355 e. The Morgan fingerprint density at radius 1 is 1.46 bits per heavy atom. The highest BCUT2D eigenvalue weighted by Crippen LogP contribution is 2.44. The van der Waals surface area contributed by atoms with E-state index in [-0.39, 0.29) is 11.5 Å². The fraction of sp³-hybridized carbons (Fsp3) is 0.889. The van der Waals surface area contributed by atoms with Crippen LogP contribution in [-0.4, -0.2) is 29.5 Å². The molecule has 2 saturated heterocycles. The minimum atomic E-state index is -0.543. The molecule has 0 amide bonds. The maximum Gasteiger partial charge on any atom is 0.159 e. The van der Waals surface area contributed by atoms with Crippen LogP contribution in [0.2, 0.25) is 0 Å². The van der Waals surface area contributed by atoms with Gasteiger partial charge < -0.3 is 4.74 Å². The molecule has 72 valence electrons. The molecule has 13 heavy (non-hydrogen) atoms. The summed E-state index contributed by atoms with van der Waals surface area (Å²) in [4.78, 5) is 5.48. The Balaban J connectivity index is 2.32. The van der Waals surface area contributed by atoms with Gasteiger partial charge in [0.1, 0.15) is 5.92 Å². The number of hydrogen-bond acceptors (Lipinski definition) is 4. The summed E-state index contributed by atoms with van der Waals surface area (Å²) in [6.07, 6.45) is 0. The molecular formula is C9H14N2O2. The molecule has 2 unspecified atom stereocenters. The lowest BCUT2D eigenvalue weighted by Crippen LogP contribution is -2.47. The van der Waals surface area contributed by atoms with Crippen LogP contribution >= 0.6 is 0 Å². The van der Waals surface area contributed by atoms with Crippen LogP contribution in [0.3, 0.4) is 0 Å². The van der Waals surface area contributed by atoms with E-state index in [1.807, 2.05) is 12.0 Å². The monoisotopic (exact) mass is 182 g/mol. The summed E-state index contributed by atoms with van der Waals surface area (Å²) < 4.78 is 5.66. The van der Waals surface area contributed by atoms with Gasteiger partial charge in [-0.05, 0) is 20.8 Å². The first kappa shape index (κ1) is 8.95. The van der Waals surface area contributed by atoms with E-state index in [1.165, 1.54) is 0 Å². The predicted octanol–water partition coefficient (Wildman–Crippen LogP) is 0.898. The molecule has 0 aromatic carbocycles. The van der Waals surface area contributed by atoms with Crippen molar-refractivity contribution in [1.29, 1.82) is 5.26 Å². The van der Waals surface area contributed by atoms with E-state index < -0.39 is 5.72 Å². The van der Waals surface area contributed by atoms with Crippen molar-refractivity contribution in [2.24, 2.45) is 5.92 Å². The number of nitrogens with zero attached hydrogens (tertiary/aromatic N) is 2. The molecule has 0 N–H and O–H groups in total. The van der Waals surface area contributed by atoms with Gasteiger partial charge in [-0.2, -0.15) is 5.26 Å². The fourth-order valence-corrected chi connectivity index (χ4v) is 2.05. The summed E-state index contributed by atoms with van der Waals surface area (Å²) >= 11 is 0. The second kappa shape index (κ2) is 2.44. The Morgan fingerprint density at radius 3 is 2.77 bits per heavy atom. The molecule has 2 rings (SSSR count). The van der Waals surface area contributed by atoms with Crippen molar-refractivity contribution < 1.29 is 9.57 Å². The summed E-state index contributed by atoms with van der Waals surface area (Å²) in [5, 5.41) is 10.7. The normalized spacial score (nSPS) is 43.1. The van der Waals surface area contributed by atoms with Gasteiger partial charge in [0.15, 0.2) is 5.72 Å². The van der Waals surface area contributed by atoms with E-state index in [0.29, 0.717) is 13.2 Å². The lowest BCUT2D eigenvalue weighted by Gasteiger charge is -2.31. The summed E-state index contributed by atoms with van der Waals surface area (Å²) in [6.45, 7) is 7.08. The Labute approximate surface area is 78.0 Å². The smallest absolute Gasteiger partial charge is 0.159 e. The maximum atomic E-state index is 8.91. The van der Waals surface area contributed by atoms with Crippen molar-refractivity contribution in [3.8, 4) is 6.07 Å². The van der Waals surface area contributed by atoms with E-state index in [4.69, 9.17) is 14.8 Å². The van der Waals surface area contributed by atoms with Crippen LogP contribution in [0.1, 0.15) is 20.8 Å². The Hall–Kier alpha value is -0.630.